The van der Waals surface area contributed by atoms with Crippen LogP contribution >= 0.6 is 15.9 Å². The predicted octanol–water partition coefficient (Wildman–Crippen LogP) is 5.20. The van der Waals surface area contributed by atoms with Gasteiger partial charge in [0.05, 0.1) is 36.6 Å². The lowest BCUT2D eigenvalue weighted by molar-refractivity contribution is -0.165. The molecule has 50 heavy (non-hydrogen) atoms. The van der Waals surface area contributed by atoms with Crippen LogP contribution in [0.2, 0.25) is 0 Å². The molecule has 1 saturated carbocycles. The average molecular weight is 757 g/mol. The molecule has 2 bridgehead atoms. The van der Waals surface area contributed by atoms with Crippen molar-refractivity contribution in [3.05, 3.63) is 61.2 Å². The highest BCUT2D eigenvalue weighted by Gasteiger charge is 2.78. The second kappa shape index (κ2) is 16.1. The van der Waals surface area contributed by atoms with E-state index in [4.69, 9.17) is 9.47 Å². The van der Waals surface area contributed by atoms with Crippen molar-refractivity contribution < 1.29 is 33.8 Å². The highest BCUT2D eigenvalue weighted by molar-refractivity contribution is 9.09. The first-order valence-electron chi connectivity index (χ1n) is 18.2. The summed E-state index contributed by atoms with van der Waals surface area (Å²) in [6, 6.07) is 7.07. The Balaban J connectivity index is 1.53. The number of likely N-dealkylation sites (tertiary alicyclic amines) is 1. The van der Waals surface area contributed by atoms with Crippen LogP contribution in [0.5, 0.6) is 0 Å². The first kappa shape index (κ1) is 38.2. The van der Waals surface area contributed by atoms with Crippen molar-refractivity contribution in [1.29, 1.82) is 0 Å². The molecule has 1 spiro atoms. The number of halogens is 1. The van der Waals surface area contributed by atoms with Crippen molar-refractivity contribution >= 4 is 39.6 Å². The summed E-state index contributed by atoms with van der Waals surface area (Å²) in [4.78, 5) is 62.1. The molecule has 0 aromatic heterocycles. The lowest BCUT2D eigenvalue weighted by Gasteiger charge is -2.43. The van der Waals surface area contributed by atoms with Gasteiger partial charge in [0.15, 0.2) is 0 Å². The van der Waals surface area contributed by atoms with Gasteiger partial charge in [0, 0.05) is 30.9 Å². The Hall–Kier alpha value is -3.02. The maximum atomic E-state index is 15.0. The molecule has 274 valence electrons. The van der Waals surface area contributed by atoms with E-state index in [2.05, 4.69) is 29.1 Å². The monoisotopic (exact) mass is 755 g/mol. The third kappa shape index (κ3) is 6.94. The SMILES string of the molecule is C=CCCC(=O)N(C)[C@@H](C)[C@@H](OC(=O)[C@H]1[C@@H]2O[C@@]3(CC2Br)[C@@H]1C(=O)N([C@@H](CO)C(C)C)[C@@H]3C(=O)N(CC=C)C1CCCCC1)c1ccccc1. The maximum absolute atomic E-state index is 15.0. The van der Waals surface area contributed by atoms with Gasteiger partial charge in [0.25, 0.3) is 0 Å². The quantitative estimate of drug-likeness (QED) is 0.149. The molecule has 3 amide bonds. The number of allylic oxidation sites excluding steroid dienone is 1. The zero-order chi connectivity index (χ0) is 36.3. The Labute approximate surface area is 305 Å². The second-order valence-corrected chi connectivity index (χ2v) is 16.0. The Morgan fingerprint density at radius 1 is 1.12 bits per heavy atom. The number of benzene rings is 1. The highest BCUT2D eigenvalue weighted by atomic mass is 79.9. The molecule has 1 aromatic rings. The summed E-state index contributed by atoms with van der Waals surface area (Å²) in [5, 5.41) is 10.7. The van der Waals surface area contributed by atoms with Crippen molar-refractivity contribution in [2.75, 3.05) is 20.2 Å². The molecule has 1 unspecified atom stereocenters. The van der Waals surface area contributed by atoms with Crippen LogP contribution in [0.4, 0.5) is 0 Å². The topological polar surface area (TPSA) is 117 Å². The number of aliphatic hydroxyl groups excluding tert-OH is 1. The number of carbonyl (C=O) groups is 4. The van der Waals surface area contributed by atoms with Gasteiger partial charge >= 0.3 is 5.97 Å². The van der Waals surface area contributed by atoms with Crippen LogP contribution in [0.15, 0.2) is 55.6 Å². The normalized spacial score (nSPS) is 29.3. The molecule has 4 aliphatic rings. The van der Waals surface area contributed by atoms with Crippen molar-refractivity contribution in [3.8, 4) is 0 Å². The molecule has 11 heteroatoms. The van der Waals surface area contributed by atoms with E-state index in [0.717, 1.165) is 32.1 Å². The van der Waals surface area contributed by atoms with Gasteiger partial charge in [-0.2, -0.15) is 0 Å². The fourth-order valence-corrected chi connectivity index (χ4v) is 9.77. The first-order valence-corrected chi connectivity index (χ1v) is 19.1. The lowest BCUT2D eigenvalue weighted by atomic mass is 9.70. The Morgan fingerprint density at radius 2 is 1.80 bits per heavy atom. The molecule has 9 atom stereocenters. The zero-order valence-corrected chi connectivity index (χ0v) is 31.5. The van der Waals surface area contributed by atoms with E-state index >= 15 is 0 Å². The van der Waals surface area contributed by atoms with Gasteiger partial charge in [-0.05, 0) is 44.1 Å². The van der Waals surface area contributed by atoms with Gasteiger partial charge < -0.3 is 29.3 Å². The number of ether oxygens (including phenoxy) is 2. The molecule has 1 aromatic carbocycles. The molecule has 0 radical (unpaired) electrons. The minimum atomic E-state index is -1.29. The number of esters is 1. The highest BCUT2D eigenvalue weighted by Crippen LogP contribution is 2.61. The average Bonchev–Trinajstić information content (AvgIpc) is 3.71. The summed E-state index contributed by atoms with van der Waals surface area (Å²) in [5.41, 5.74) is -0.579. The molecule has 3 saturated heterocycles. The summed E-state index contributed by atoms with van der Waals surface area (Å²) >= 11 is 3.77. The van der Waals surface area contributed by atoms with E-state index < -0.39 is 53.7 Å². The molecule has 1 N–H and O–H groups in total. The van der Waals surface area contributed by atoms with Crippen LogP contribution in [-0.2, 0) is 28.7 Å². The summed E-state index contributed by atoms with van der Waals surface area (Å²) < 4.78 is 13.2. The van der Waals surface area contributed by atoms with Gasteiger partial charge in [0.2, 0.25) is 17.7 Å². The smallest absolute Gasteiger partial charge is 0.313 e. The van der Waals surface area contributed by atoms with Crippen LogP contribution in [0, 0.1) is 17.8 Å². The predicted molar refractivity (Wildman–Crippen MR) is 194 cm³/mol. The number of hydrogen-bond acceptors (Lipinski definition) is 7. The Bertz CT molecular complexity index is 1420. The van der Waals surface area contributed by atoms with Crippen LogP contribution in [0.1, 0.15) is 83.8 Å². The molecule has 5 rings (SSSR count). The van der Waals surface area contributed by atoms with E-state index in [1.807, 2.05) is 56.0 Å². The molecular weight excluding hydrogens is 702 g/mol. The van der Waals surface area contributed by atoms with Crippen molar-refractivity contribution in [1.82, 2.24) is 14.7 Å². The number of hydrogen-bond donors (Lipinski definition) is 1. The van der Waals surface area contributed by atoms with E-state index in [1.165, 1.54) is 0 Å². The van der Waals surface area contributed by atoms with Gasteiger partial charge in [-0.3, -0.25) is 19.2 Å². The van der Waals surface area contributed by atoms with Crippen molar-refractivity contribution in [3.63, 3.8) is 0 Å². The number of nitrogens with zero attached hydrogens (tertiary/aromatic N) is 3. The number of rotatable bonds is 15. The molecule has 10 nitrogen and oxygen atoms in total. The number of fused-ring (bicyclic) bond motifs is 1. The molecule has 3 aliphatic heterocycles. The van der Waals surface area contributed by atoms with Gasteiger partial charge in [-0.1, -0.05) is 91.5 Å². The fraction of sp³-hybridized carbons (Fsp3) is 0.641. The largest absolute Gasteiger partial charge is 0.455 e. The maximum Gasteiger partial charge on any atom is 0.313 e. The van der Waals surface area contributed by atoms with E-state index in [1.54, 1.807) is 29.0 Å². The molecule has 4 fully saturated rings. The van der Waals surface area contributed by atoms with Gasteiger partial charge in [-0.15, -0.1) is 13.2 Å². The van der Waals surface area contributed by atoms with Crippen LogP contribution < -0.4 is 0 Å². The summed E-state index contributed by atoms with van der Waals surface area (Å²) in [6.45, 7) is 13.3. The van der Waals surface area contributed by atoms with E-state index in [-0.39, 0.29) is 47.5 Å². The van der Waals surface area contributed by atoms with Gasteiger partial charge in [-0.25, -0.2) is 0 Å². The third-order valence-electron chi connectivity index (χ3n) is 11.5. The minimum Gasteiger partial charge on any atom is -0.455 e. The lowest BCUT2D eigenvalue weighted by Crippen LogP contribution is -2.61. The second-order valence-electron chi connectivity index (χ2n) is 14.8. The van der Waals surface area contributed by atoms with Crippen molar-refractivity contribution in [2.24, 2.45) is 17.8 Å². The number of amides is 3. The van der Waals surface area contributed by atoms with E-state index in [0.29, 0.717) is 24.9 Å². The number of carbonyl (C=O) groups excluding carboxylic acids is 4. The number of aliphatic hydroxyl groups is 1. The molecular formula is C39H54BrN3O7. The van der Waals surface area contributed by atoms with E-state index in [9.17, 15) is 24.3 Å². The third-order valence-corrected chi connectivity index (χ3v) is 12.4. The fourth-order valence-electron chi connectivity index (χ4n) is 8.82. The zero-order valence-electron chi connectivity index (χ0n) is 29.9. The van der Waals surface area contributed by atoms with Crippen molar-refractivity contribution in [2.45, 2.75) is 119 Å². The standard InChI is InChI=1S/C39H54BrN3O7/c1-7-9-20-30(45)41(6)25(5)33(26-16-12-10-13-17-26)49-38(48)31-32-36(46)43(29(23-44)24(3)4)35(39(32)22-28(40)34(31)50-39)37(47)42(21-8-2)27-18-14-11-15-19-27/h7-8,10,12-13,16-17,24-25,27-29,31-35,44H,1-2,9,11,14-15,18-23H2,3-6H3/t25-,28?,29-,31+,32-,33+,34+,35+,39-/m0/s1. The summed E-state index contributed by atoms with van der Waals surface area (Å²) in [5.74, 6) is -3.47. The molecule has 3 heterocycles. The number of likely N-dealkylation sites (N-methyl/N-ethyl adjacent to an activating group) is 1. The van der Waals surface area contributed by atoms with Crippen LogP contribution in [0.3, 0.4) is 0 Å². The van der Waals surface area contributed by atoms with Gasteiger partial charge in [0.1, 0.15) is 17.7 Å². The minimum absolute atomic E-state index is 0.00621. The van der Waals surface area contributed by atoms with Crippen LogP contribution in [-0.4, -0.2) is 104 Å². The Morgan fingerprint density at radius 3 is 2.40 bits per heavy atom. The first-order chi connectivity index (χ1) is 23.9. The Kier molecular flexibility index (Phi) is 12.3. The number of alkyl halides is 1. The van der Waals surface area contributed by atoms with Crippen LogP contribution in [0.25, 0.3) is 0 Å². The summed E-state index contributed by atoms with van der Waals surface area (Å²) in [6.07, 6.45) is 7.93. The summed E-state index contributed by atoms with van der Waals surface area (Å²) in [7, 11) is 1.70. The molecule has 1 aliphatic carbocycles.